The molecule has 18 heavy (non-hydrogen) atoms. The molecular weight excluding hydrogens is 331 g/mol. The summed E-state index contributed by atoms with van der Waals surface area (Å²) in [7, 11) is 0. The molecule has 2 nitrogen and oxygen atoms in total. The third-order valence-corrected chi connectivity index (χ3v) is 3.17. The summed E-state index contributed by atoms with van der Waals surface area (Å²) in [5.74, 6) is -0.981. The van der Waals surface area contributed by atoms with Gasteiger partial charge in [0.05, 0.1) is 0 Å². The predicted molar refractivity (Wildman–Crippen MR) is 82.4 cm³/mol. The van der Waals surface area contributed by atoms with Crippen LogP contribution in [0.2, 0.25) is 4.44 Å². The molecule has 0 aromatic rings. The zero-order valence-corrected chi connectivity index (χ0v) is 15.4. The Morgan fingerprint density at radius 2 is 1.33 bits per heavy atom. The van der Waals surface area contributed by atoms with Gasteiger partial charge in [0.2, 0.25) is 0 Å². The van der Waals surface area contributed by atoms with E-state index in [4.69, 9.17) is 5.11 Å². The summed E-state index contributed by atoms with van der Waals surface area (Å²) in [5, 5.41) is 7.60. The quantitative estimate of drug-likeness (QED) is 0.375. The van der Waals surface area contributed by atoms with E-state index in [-0.39, 0.29) is 0 Å². The Kier molecular flexibility index (Phi) is 33.1. The second kappa shape index (κ2) is 25.8. The Morgan fingerprint density at radius 1 is 1.00 bits per heavy atom. The van der Waals surface area contributed by atoms with Crippen molar-refractivity contribution in [2.24, 2.45) is 0 Å². The van der Waals surface area contributed by atoms with Gasteiger partial charge in [-0.15, -0.1) is 0 Å². The first-order valence-corrected chi connectivity index (χ1v) is 9.12. The van der Waals surface area contributed by atoms with Crippen LogP contribution in [0, 0.1) is 0 Å². The van der Waals surface area contributed by atoms with E-state index in [1.807, 2.05) is 0 Å². The maximum atomic E-state index is 9.25. The summed E-state index contributed by atoms with van der Waals surface area (Å²) in [4.78, 5) is 9.25. The van der Waals surface area contributed by atoms with Crippen LogP contribution >= 0.6 is 0 Å². The van der Waals surface area contributed by atoms with Crippen molar-refractivity contribution in [3.63, 3.8) is 0 Å². The van der Waals surface area contributed by atoms with Gasteiger partial charge in [-0.1, -0.05) is 52.5 Å². The van der Waals surface area contributed by atoms with Crippen molar-refractivity contribution in [1.82, 2.24) is 0 Å². The molecule has 0 saturated heterocycles. The van der Waals surface area contributed by atoms with Crippen LogP contribution in [0.3, 0.4) is 0 Å². The Balaban J connectivity index is -0.000000190. The van der Waals surface area contributed by atoms with Gasteiger partial charge in [-0.25, -0.2) is 4.79 Å². The van der Waals surface area contributed by atoms with Gasteiger partial charge < -0.3 is 5.11 Å². The third-order valence-electron chi connectivity index (χ3n) is 2.16. The van der Waals surface area contributed by atoms with Gasteiger partial charge in [0.25, 0.3) is 0 Å². The summed E-state index contributed by atoms with van der Waals surface area (Å²) in [6.45, 7) is 9.69. The van der Waals surface area contributed by atoms with Crippen LogP contribution in [0.1, 0.15) is 72.1 Å². The zero-order valence-electron chi connectivity index (χ0n) is 12.5. The molecule has 0 bridgehead atoms. The molecule has 0 aliphatic carbocycles. The minimum atomic E-state index is -0.981. The number of carboxylic acid groups (broad SMARTS) is 1. The second-order valence-corrected chi connectivity index (χ2v) is 5.49. The SMILES string of the molecule is C=CC(=O)O.CCCCCCC.CCCC[CH2][Sn]. The number of rotatable bonds is 8. The first kappa shape index (κ1) is 23.1. The number of carbonyl (C=O) groups is 1. The van der Waals surface area contributed by atoms with Gasteiger partial charge in [-0.3, -0.25) is 0 Å². The molecule has 0 amide bonds. The van der Waals surface area contributed by atoms with Gasteiger partial charge >= 0.3 is 59.1 Å². The van der Waals surface area contributed by atoms with E-state index in [1.165, 1.54) is 55.8 Å². The van der Waals surface area contributed by atoms with Gasteiger partial charge in [-0.05, 0) is 0 Å². The van der Waals surface area contributed by atoms with Crippen LogP contribution < -0.4 is 0 Å². The molecule has 0 aliphatic heterocycles. The topological polar surface area (TPSA) is 37.3 Å². The molecule has 0 atom stereocenters. The van der Waals surface area contributed by atoms with Crippen LogP contribution in [-0.2, 0) is 4.79 Å². The van der Waals surface area contributed by atoms with Crippen LogP contribution in [0.25, 0.3) is 0 Å². The van der Waals surface area contributed by atoms with Crippen LogP contribution in [0.4, 0.5) is 0 Å². The van der Waals surface area contributed by atoms with Crippen molar-refractivity contribution in [2.45, 2.75) is 76.6 Å². The Bertz CT molecular complexity index is 151. The molecule has 0 aromatic heterocycles. The zero-order chi connectivity index (χ0) is 14.6. The van der Waals surface area contributed by atoms with Gasteiger partial charge in [0.15, 0.2) is 0 Å². The molecule has 0 rings (SSSR count). The number of carboxylic acids is 1. The summed E-state index contributed by atoms with van der Waals surface area (Å²) in [5.41, 5.74) is 0. The monoisotopic (exact) mass is 363 g/mol. The van der Waals surface area contributed by atoms with Crippen molar-refractivity contribution >= 4 is 28.5 Å². The predicted octanol–water partition coefficient (Wildman–Crippen LogP) is 5.00. The van der Waals surface area contributed by atoms with E-state index in [9.17, 15) is 4.79 Å². The van der Waals surface area contributed by atoms with E-state index >= 15 is 0 Å². The molecule has 0 aliphatic rings. The first-order chi connectivity index (χ1) is 8.60. The molecule has 0 aromatic carbocycles. The molecule has 0 saturated carbocycles. The fourth-order valence-corrected chi connectivity index (χ4v) is 1.77. The first-order valence-electron chi connectivity index (χ1n) is 7.10. The summed E-state index contributed by atoms with van der Waals surface area (Å²) < 4.78 is 1.44. The van der Waals surface area contributed by atoms with Gasteiger partial charge in [0, 0.05) is 6.08 Å². The molecular formula is C15H31O2Sn. The molecule has 3 radical (unpaired) electrons. The molecule has 0 fully saturated rings. The van der Waals surface area contributed by atoms with E-state index in [1.54, 1.807) is 22.5 Å². The van der Waals surface area contributed by atoms with E-state index in [0.717, 1.165) is 6.08 Å². The third kappa shape index (κ3) is 44.4. The van der Waals surface area contributed by atoms with Crippen molar-refractivity contribution in [1.29, 1.82) is 0 Å². The number of aliphatic carboxylic acids is 1. The Labute approximate surface area is 127 Å². The van der Waals surface area contributed by atoms with E-state index < -0.39 is 5.97 Å². The minimum absolute atomic E-state index is 0.833. The van der Waals surface area contributed by atoms with Crippen molar-refractivity contribution in [2.75, 3.05) is 0 Å². The number of unbranched alkanes of at least 4 members (excludes halogenated alkanes) is 6. The Morgan fingerprint density at radius 3 is 1.50 bits per heavy atom. The maximum absolute atomic E-state index is 9.25. The summed E-state index contributed by atoms with van der Waals surface area (Å²) >= 11 is 1.69. The normalized spacial score (nSPS) is 8.44. The Hall–Kier alpha value is 0.00870. The van der Waals surface area contributed by atoms with E-state index in [2.05, 4.69) is 27.4 Å². The molecule has 3 heteroatoms. The van der Waals surface area contributed by atoms with Crippen LogP contribution in [-0.4, -0.2) is 33.6 Å². The number of hydrogen-bond acceptors (Lipinski definition) is 1. The molecule has 0 unspecified atom stereocenters. The molecule has 0 spiro atoms. The second-order valence-electron chi connectivity index (χ2n) is 4.06. The van der Waals surface area contributed by atoms with Crippen LogP contribution in [0.15, 0.2) is 12.7 Å². The molecule has 0 heterocycles. The molecule has 107 valence electrons. The summed E-state index contributed by atoms with van der Waals surface area (Å²) in [6.07, 6.45) is 12.1. The molecule has 1 N–H and O–H groups in total. The van der Waals surface area contributed by atoms with Crippen molar-refractivity contribution < 1.29 is 9.90 Å². The van der Waals surface area contributed by atoms with E-state index in [0.29, 0.717) is 0 Å². The fourth-order valence-electron chi connectivity index (χ4n) is 1.05. The van der Waals surface area contributed by atoms with Crippen LogP contribution in [0.5, 0.6) is 0 Å². The average molecular weight is 362 g/mol. The average Bonchev–Trinajstić information content (AvgIpc) is 2.38. The van der Waals surface area contributed by atoms with Crippen molar-refractivity contribution in [3.05, 3.63) is 12.7 Å². The summed E-state index contributed by atoms with van der Waals surface area (Å²) in [6, 6.07) is 0. The van der Waals surface area contributed by atoms with Crippen molar-refractivity contribution in [3.8, 4) is 0 Å². The standard InChI is InChI=1S/C7H16.C5H11.C3H4O2.Sn/c1-3-5-7-6-4-2;1-3-5-4-2;1-2-3(4)5;/h3-7H2,1-2H3;1,3-5H2,2H3;2H,1H2,(H,4,5);. The van der Waals surface area contributed by atoms with Gasteiger partial charge in [-0.2, -0.15) is 0 Å². The number of hydrogen-bond donors (Lipinski definition) is 1. The fraction of sp³-hybridized carbons (Fsp3) is 0.800. The van der Waals surface area contributed by atoms with Gasteiger partial charge in [0.1, 0.15) is 0 Å².